The molecular weight excluding hydrogens is 1710 g/mol. The van der Waals surface area contributed by atoms with Gasteiger partial charge in [-0.05, 0) is 170 Å². The van der Waals surface area contributed by atoms with Crippen LogP contribution in [0.3, 0.4) is 0 Å². The number of carbonyl (C=O) groups excluding carboxylic acids is 10. The van der Waals surface area contributed by atoms with Crippen LogP contribution in [0.5, 0.6) is 0 Å². The molecule has 11 amide bonds. The number of halogens is 4. The second-order valence-corrected chi connectivity index (χ2v) is 30.9. The van der Waals surface area contributed by atoms with Gasteiger partial charge in [-0.15, -0.1) is 23.5 Å². The Morgan fingerprint density at radius 3 is 1.28 bits per heavy atom. The van der Waals surface area contributed by atoms with Crippen LogP contribution >= 0.6 is 69.9 Å². The van der Waals surface area contributed by atoms with Crippen LogP contribution in [0.1, 0.15) is 0 Å². The van der Waals surface area contributed by atoms with Crippen molar-refractivity contribution < 1.29 is 135 Å². The van der Waals surface area contributed by atoms with Crippen LogP contribution in [0, 0.1) is 0 Å². The minimum Gasteiger partial charge on any atom is -0.662 e. The number of hydrogen-bond acceptors (Lipinski definition) is 25. The summed E-state index contributed by atoms with van der Waals surface area (Å²) in [5, 5.41) is 44.2. The third-order valence-corrected chi connectivity index (χ3v) is 21.4. The molecule has 0 aromatic heterocycles. The fourth-order valence-electron chi connectivity index (χ4n) is 11.0. The summed E-state index contributed by atoms with van der Waals surface area (Å²) in [5.41, 5.74) is 11.7. The SMILES string of the molecule is Nc1ccc(N2CCOCC2=O)cc1.O=C(Nc1ccc(N2CCOCC2=O)cc1)[C@H]1CS(=O)(=O)CN1C(=O)Nc1ccc(Cl)cc1.O=C(Nc1ccc(N2CCOCC2=O)cc1)[C@H]1CSCN1C(=O)Nc1ccc(Cl)cc1.O=C(O)[C@H]1COCN1C(=O)Nc1ccc(Cl)cc1.O=C(O)[C@H]1CSCN1.O=C=Nc1ccc(Cl)cc1.O=CO[O-].[Na+]. The largest absolute Gasteiger partial charge is 1.00 e. The van der Waals surface area contributed by atoms with Gasteiger partial charge in [0.25, 0.3) is 24.2 Å². The molecule has 0 saturated carbocycles. The average Bonchev–Trinajstić information content (AvgIpc) is 1.66. The van der Waals surface area contributed by atoms with E-state index in [1.807, 2.05) is 12.1 Å². The summed E-state index contributed by atoms with van der Waals surface area (Å²) < 4.78 is 44.7. The zero-order chi connectivity index (χ0) is 85.3. The number of nitrogens with one attached hydrogen (secondary N) is 6. The Kier molecular flexibility index (Phi) is 39.4. The molecule has 7 fully saturated rings. The first-order valence-electron chi connectivity index (χ1n) is 35.1. The molecule has 0 bridgehead atoms. The number of anilines is 9. The predicted octanol–water partition coefficient (Wildman–Crippen LogP) is 4.91. The van der Waals surface area contributed by atoms with Crippen molar-refractivity contribution in [3.63, 3.8) is 0 Å². The standard InChI is InChI=1S/C21H21ClN4O6S.C21H21ClN4O4S.C11H11ClN2O4.C10H12N2O2.C7H4ClNO.C4H7NO2S.CH2O3.Na/c22-14-1-3-16(4-2-14)24-21(29)26-13-33(30,31)12-18(26)20(28)23-15-5-7-17(8-6-15)25-9-10-32-11-19(25)27;22-14-1-3-16(4-2-14)24-21(29)26-13-31-12-18(26)20(28)23-15-5-7-17(8-6-15)25-9-10-30-11-19(25)27;12-7-1-3-8(4-2-7)13-11(17)14-6-18-5-9(14)10(15)16;11-8-1-3-9(4-2-8)12-5-6-14-7-10(12)13;8-6-1-3-7(4-2-6)9-5-10;6-4(7)3-1-8-2-5-3;2-1-4-3;/h1-8,18H,9-13H2,(H,23,28)(H,24,29);1-8,18H,9-13H2,(H,23,28)(H,24,29);1-4,9H,5-6H2,(H,13,17)(H,15,16);1-4H,5-7,11H2;1-4H;3,5H,1-2H2,(H,6,7);1,3H;/q;;;;;;;+1/p-1/t2*18-;9-;;;3-;;/m111..1../s1. The second-order valence-electron chi connectivity index (χ2n) is 25.1. The number of ether oxygens (including phenoxy) is 4. The minimum absolute atomic E-state index is 0. The Balaban J connectivity index is 0.000000207. The Bertz CT molecular complexity index is 4780. The van der Waals surface area contributed by atoms with Gasteiger partial charge in [0, 0.05) is 108 Å². The summed E-state index contributed by atoms with van der Waals surface area (Å²) >= 11 is 26.1. The zero-order valence-electron chi connectivity index (χ0n) is 63.1. The van der Waals surface area contributed by atoms with E-state index in [9.17, 15) is 61.2 Å². The molecule has 44 heteroatoms. The van der Waals surface area contributed by atoms with Crippen LogP contribution < -0.4 is 87.1 Å². The van der Waals surface area contributed by atoms with Gasteiger partial charge in [0.15, 0.2) is 15.9 Å². The Morgan fingerprint density at radius 2 is 0.908 bits per heavy atom. The van der Waals surface area contributed by atoms with Crippen molar-refractivity contribution >= 4 is 209 Å². The van der Waals surface area contributed by atoms with Crippen molar-refractivity contribution in [2.24, 2.45) is 4.99 Å². The number of aliphatic imine (C=N–C) groups is 1. The van der Waals surface area contributed by atoms with Gasteiger partial charge in [-0.3, -0.25) is 48.7 Å². The second kappa shape index (κ2) is 48.8. The topological polar surface area (TPSA) is 479 Å². The molecule has 14 rings (SSSR count). The molecule has 0 radical (unpaired) electrons. The molecule has 4 atom stereocenters. The molecule has 0 aliphatic carbocycles. The summed E-state index contributed by atoms with van der Waals surface area (Å²) in [5.74, 6) is -1.58. The third kappa shape index (κ3) is 30.9. The molecular formula is C75H77Cl4N14NaO22S3. The molecule has 36 nitrogen and oxygen atoms in total. The summed E-state index contributed by atoms with van der Waals surface area (Å²) in [7, 11) is -3.63. The van der Waals surface area contributed by atoms with Gasteiger partial charge < -0.3 is 91.2 Å². The first-order chi connectivity index (χ1) is 56.6. The number of benzene rings is 7. The number of nitrogens with two attached hydrogens (primary N) is 1. The van der Waals surface area contributed by atoms with Gasteiger partial charge in [-0.1, -0.05) is 46.4 Å². The molecule has 119 heavy (non-hydrogen) atoms. The fraction of sp³-hybridized carbons (Fsp3) is 0.280. The van der Waals surface area contributed by atoms with Crippen molar-refractivity contribution in [1.29, 1.82) is 0 Å². The van der Waals surface area contributed by atoms with Crippen molar-refractivity contribution in [2.75, 3.05) is 155 Å². The first kappa shape index (κ1) is 96.0. The summed E-state index contributed by atoms with van der Waals surface area (Å²) in [6.45, 7) is 3.13. The normalized spacial score (nSPS) is 18.0. The summed E-state index contributed by atoms with van der Waals surface area (Å²) in [4.78, 5) is 152. The molecule has 7 heterocycles. The predicted molar refractivity (Wildman–Crippen MR) is 442 cm³/mol. The van der Waals surface area contributed by atoms with Gasteiger partial charge in [0.05, 0.1) is 43.7 Å². The van der Waals surface area contributed by atoms with E-state index in [4.69, 9.17) is 91.3 Å². The smallest absolute Gasteiger partial charge is 0.662 e. The van der Waals surface area contributed by atoms with E-state index in [1.54, 1.807) is 184 Å². The van der Waals surface area contributed by atoms with Crippen LogP contribution in [0.2, 0.25) is 20.1 Å². The number of rotatable bonds is 14. The number of carbonyl (C=O) groups is 11. The molecule has 0 spiro atoms. The van der Waals surface area contributed by atoms with E-state index in [0.717, 1.165) is 27.1 Å². The van der Waals surface area contributed by atoms with E-state index in [0.29, 0.717) is 122 Å². The van der Waals surface area contributed by atoms with E-state index in [1.165, 1.54) is 22.7 Å². The fourth-order valence-corrected chi connectivity index (χ4v) is 15.3. The quantitative estimate of drug-likeness (QED) is 0.0133. The Hall–Kier alpha value is -10.1. The molecule has 7 aromatic carbocycles. The number of thioether (sulfide) groups is 2. The summed E-state index contributed by atoms with van der Waals surface area (Å²) in [6, 6.07) is 42.6. The average molecular weight is 1790 g/mol. The van der Waals surface area contributed by atoms with Crippen LogP contribution in [0.25, 0.3) is 0 Å². The molecule has 7 saturated heterocycles. The number of urea groups is 3. The van der Waals surface area contributed by atoms with Gasteiger partial charge >= 0.3 is 59.6 Å². The van der Waals surface area contributed by atoms with Crippen molar-refractivity contribution in [3.05, 3.63) is 190 Å². The monoisotopic (exact) mass is 1780 g/mol. The first-order valence-corrected chi connectivity index (χ1v) is 40.8. The molecule has 626 valence electrons. The molecule has 7 aromatic rings. The van der Waals surface area contributed by atoms with Crippen LogP contribution in [-0.4, -0.2) is 237 Å². The molecule has 7 aliphatic heterocycles. The number of nitrogen functional groups attached to an aromatic ring is 1. The summed E-state index contributed by atoms with van der Waals surface area (Å²) in [6.07, 6.45) is 1.44. The van der Waals surface area contributed by atoms with Crippen molar-refractivity contribution in [2.45, 2.75) is 24.2 Å². The van der Waals surface area contributed by atoms with E-state index >= 15 is 0 Å². The molecule has 7 aliphatic rings. The number of hydrogen-bond donors (Lipinski definition) is 9. The number of carboxylic acids is 2. The van der Waals surface area contributed by atoms with Crippen LogP contribution in [0.4, 0.5) is 71.3 Å². The number of isocyanates is 1. The van der Waals surface area contributed by atoms with Crippen molar-refractivity contribution in [1.82, 2.24) is 20.0 Å². The maximum absolute atomic E-state index is 12.9. The minimum atomic E-state index is -3.63. The molecule has 0 unspecified atom stereocenters. The van der Waals surface area contributed by atoms with Crippen molar-refractivity contribution in [3.8, 4) is 0 Å². The third-order valence-electron chi connectivity index (χ3n) is 17.0. The maximum Gasteiger partial charge on any atom is 1.00 e. The number of amides is 11. The number of sulfone groups is 1. The number of nitrogens with zero attached hydrogens (tertiary/aromatic N) is 7. The Morgan fingerprint density at radius 1 is 0.529 bits per heavy atom. The number of aliphatic carboxylic acids is 2. The number of carboxylic acid groups (broad SMARTS) is 2. The van der Waals surface area contributed by atoms with E-state index < -0.39 is 69.5 Å². The van der Waals surface area contributed by atoms with Gasteiger partial charge in [-0.25, -0.2) is 32.4 Å². The van der Waals surface area contributed by atoms with Gasteiger partial charge in [0.1, 0.15) is 50.6 Å². The van der Waals surface area contributed by atoms with E-state index in [-0.39, 0.29) is 105 Å². The Labute approximate surface area is 731 Å². The van der Waals surface area contributed by atoms with Crippen LogP contribution in [0.15, 0.2) is 175 Å². The van der Waals surface area contributed by atoms with E-state index in [2.05, 4.69) is 41.8 Å². The zero-order valence-corrected chi connectivity index (χ0v) is 70.6. The van der Waals surface area contributed by atoms with Crippen LogP contribution in [-0.2, 0) is 76.8 Å². The van der Waals surface area contributed by atoms with Gasteiger partial charge in [0.2, 0.25) is 17.9 Å². The molecule has 10 N–H and O–H groups in total. The number of morpholine rings is 3. The van der Waals surface area contributed by atoms with Gasteiger partial charge in [-0.2, -0.15) is 4.99 Å². The maximum atomic E-state index is 12.9.